The molecule has 0 saturated carbocycles. The largest absolute Gasteiger partial charge is 0.386 e. The van der Waals surface area contributed by atoms with Crippen LogP contribution >= 0.6 is 11.6 Å². The number of carbonyl (C=O) groups excluding carboxylic acids is 2. The van der Waals surface area contributed by atoms with Crippen LogP contribution in [0.5, 0.6) is 0 Å². The van der Waals surface area contributed by atoms with E-state index in [1.807, 2.05) is 12.1 Å². The number of halogens is 2. The molecule has 0 bridgehead atoms. The van der Waals surface area contributed by atoms with Crippen molar-refractivity contribution in [3.63, 3.8) is 0 Å². The van der Waals surface area contributed by atoms with Crippen molar-refractivity contribution in [2.45, 2.75) is 18.7 Å². The second-order valence-electron chi connectivity index (χ2n) is 7.58. The fourth-order valence-corrected chi connectivity index (χ4v) is 3.76. The number of aliphatic hydroxyl groups is 1. The van der Waals surface area contributed by atoms with Crippen LogP contribution in [0.25, 0.3) is 0 Å². The van der Waals surface area contributed by atoms with Gasteiger partial charge < -0.3 is 20.1 Å². The number of nitrogens with zero attached hydrogens (tertiary/aromatic N) is 2. The van der Waals surface area contributed by atoms with Gasteiger partial charge in [0.1, 0.15) is 18.5 Å². The number of benzene rings is 2. The predicted molar refractivity (Wildman–Crippen MR) is 120 cm³/mol. The summed E-state index contributed by atoms with van der Waals surface area (Å²) in [6.45, 7) is 0.400. The monoisotopic (exact) mass is 469 g/mol. The molecule has 1 aliphatic heterocycles. The molecule has 0 spiro atoms. The van der Waals surface area contributed by atoms with Crippen molar-refractivity contribution in [1.29, 1.82) is 0 Å². The smallest absolute Gasteiger partial charge is 0.255 e. The Balaban J connectivity index is 1.46. The minimum absolute atomic E-state index is 0.0472. The Morgan fingerprint density at radius 2 is 2.03 bits per heavy atom. The third kappa shape index (κ3) is 5.36. The molecule has 33 heavy (non-hydrogen) atoms. The van der Waals surface area contributed by atoms with Crippen molar-refractivity contribution < 1.29 is 23.8 Å². The number of ether oxygens (including phenoxy) is 1. The number of pyridine rings is 1. The lowest BCUT2D eigenvalue weighted by Crippen LogP contribution is -2.51. The van der Waals surface area contributed by atoms with Gasteiger partial charge in [0.2, 0.25) is 5.91 Å². The van der Waals surface area contributed by atoms with E-state index in [-0.39, 0.29) is 36.3 Å². The van der Waals surface area contributed by atoms with Crippen molar-refractivity contribution in [1.82, 2.24) is 9.88 Å². The fraction of sp³-hybridized carbons (Fsp3) is 0.208. The second kappa shape index (κ2) is 10.1. The lowest BCUT2D eigenvalue weighted by Gasteiger charge is -2.38. The van der Waals surface area contributed by atoms with Gasteiger partial charge in [-0.3, -0.25) is 14.6 Å². The summed E-state index contributed by atoms with van der Waals surface area (Å²) in [6.07, 6.45) is 0.650. The van der Waals surface area contributed by atoms with Crippen LogP contribution in [0.2, 0.25) is 5.02 Å². The van der Waals surface area contributed by atoms with E-state index in [9.17, 15) is 19.1 Å². The van der Waals surface area contributed by atoms with E-state index in [0.717, 1.165) is 6.07 Å². The summed E-state index contributed by atoms with van der Waals surface area (Å²) in [5, 5.41) is 13.5. The van der Waals surface area contributed by atoms with Crippen LogP contribution in [0.4, 0.5) is 10.1 Å². The maximum absolute atomic E-state index is 13.3. The van der Waals surface area contributed by atoms with Crippen molar-refractivity contribution in [2.24, 2.45) is 0 Å². The van der Waals surface area contributed by atoms with Gasteiger partial charge in [-0.05, 0) is 48.0 Å². The van der Waals surface area contributed by atoms with Gasteiger partial charge in [0.15, 0.2) is 0 Å². The quantitative estimate of drug-likeness (QED) is 0.575. The van der Waals surface area contributed by atoms with Crippen LogP contribution in [-0.2, 0) is 16.1 Å². The van der Waals surface area contributed by atoms with Crippen molar-refractivity contribution in [3.8, 4) is 0 Å². The second-order valence-corrected chi connectivity index (χ2v) is 7.98. The molecule has 3 aromatic rings. The Kier molecular flexibility index (Phi) is 6.98. The highest BCUT2D eigenvalue weighted by Gasteiger charge is 2.34. The van der Waals surface area contributed by atoms with Gasteiger partial charge in [-0.25, -0.2) is 4.39 Å². The van der Waals surface area contributed by atoms with E-state index in [4.69, 9.17) is 16.3 Å². The molecule has 7 nitrogen and oxygen atoms in total. The first-order chi connectivity index (χ1) is 15.9. The Morgan fingerprint density at radius 1 is 1.24 bits per heavy atom. The molecule has 1 aromatic heterocycles. The Morgan fingerprint density at radius 3 is 2.73 bits per heavy atom. The number of hydrogen-bond acceptors (Lipinski definition) is 5. The first kappa shape index (κ1) is 22.8. The van der Waals surface area contributed by atoms with Crippen LogP contribution in [0.1, 0.15) is 27.7 Å². The van der Waals surface area contributed by atoms with E-state index in [2.05, 4.69) is 10.3 Å². The number of carbonyl (C=O) groups is 2. The third-order valence-corrected chi connectivity index (χ3v) is 5.64. The number of anilines is 1. The van der Waals surface area contributed by atoms with Gasteiger partial charge in [0, 0.05) is 17.4 Å². The molecule has 0 radical (unpaired) electrons. The Hall–Kier alpha value is -3.33. The predicted octanol–water partition coefficient (Wildman–Crippen LogP) is 3.59. The summed E-state index contributed by atoms with van der Waals surface area (Å²) >= 11 is 5.74. The van der Waals surface area contributed by atoms with Gasteiger partial charge >= 0.3 is 0 Å². The molecule has 4 rings (SSSR count). The average Bonchev–Trinajstić information content (AvgIpc) is 2.83. The number of aliphatic hydroxyl groups excluding tert-OH is 1. The van der Waals surface area contributed by atoms with E-state index < -0.39 is 23.9 Å². The molecule has 0 aliphatic carbocycles. The highest BCUT2D eigenvalue weighted by atomic mass is 35.5. The summed E-state index contributed by atoms with van der Waals surface area (Å²) in [7, 11) is 0. The standard InChI is InChI=1S/C24H21ClFN3O4/c25-19-11-16(6-9-20(19)26)24(32)28-17-7-4-15(5-8-17)23(31)21-13-33-14-22(30)29(21)12-18-3-1-2-10-27-18/h1-11,21,23,31H,12-14H2,(H,28,32)/t21-,23-/m1/s1. The first-order valence-electron chi connectivity index (χ1n) is 10.2. The van der Waals surface area contributed by atoms with Crippen LogP contribution in [-0.4, -0.2) is 46.1 Å². The summed E-state index contributed by atoms with van der Waals surface area (Å²) in [6, 6.07) is 15.2. The summed E-state index contributed by atoms with van der Waals surface area (Å²) in [4.78, 5) is 30.7. The van der Waals surface area contributed by atoms with E-state index >= 15 is 0 Å². The summed E-state index contributed by atoms with van der Waals surface area (Å²) in [5.74, 6) is -1.27. The van der Waals surface area contributed by atoms with Crippen LogP contribution in [0.15, 0.2) is 66.9 Å². The molecule has 9 heteroatoms. The number of amides is 2. The zero-order valence-electron chi connectivity index (χ0n) is 17.4. The van der Waals surface area contributed by atoms with E-state index in [0.29, 0.717) is 16.9 Å². The Bertz CT molecular complexity index is 1140. The van der Waals surface area contributed by atoms with Crippen LogP contribution in [0, 0.1) is 5.82 Å². The number of morpholine rings is 1. The average molecular weight is 470 g/mol. The van der Waals surface area contributed by atoms with Crippen LogP contribution < -0.4 is 5.32 Å². The zero-order valence-corrected chi connectivity index (χ0v) is 18.2. The van der Waals surface area contributed by atoms with Crippen LogP contribution in [0.3, 0.4) is 0 Å². The maximum atomic E-state index is 13.3. The minimum atomic E-state index is -1.00. The SMILES string of the molecule is O=C(Nc1ccc([C@@H](O)[C@H]2COCC(=O)N2Cc2ccccn2)cc1)c1ccc(F)c(Cl)c1. The number of aromatic nitrogens is 1. The maximum Gasteiger partial charge on any atom is 0.255 e. The highest BCUT2D eigenvalue weighted by molar-refractivity contribution is 6.31. The lowest BCUT2D eigenvalue weighted by molar-refractivity contribution is -0.155. The number of nitrogens with one attached hydrogen (secondary N) is 1. The van der Waals surface area contributed by atoms with E-state index in [1.165, 1.54) is 12.1 Å². The molecule has 170 valence electrons. The van der Waals surface area contributed by atoms with Gasteiger partial charge in [-0.1, -0.05) is 29.8 Å². The number of rotatable bonds is 6. The van der Waals surface area contributed by atoms with Crippen molar-refractivity contribution in [2.75, 3.05) is 18.5 Å². The zero-order chi connectivity index (χ0) is 23.4. The molecule has 1 aliphatic rings. The molecule has 2 aromatic carbocycles. The highest BCUT2D eigenvalue weighted by Crippen LogP contribution is 2.27. The summed E-state index contributed by atoms with van der Waals surface area (Å²) < 4.78 is 18.7. The van der Waals surface area contributed by atoms with Crippen molar-refractivity contribution >= 4 is 29.1 Å². The molecule has 1 fully saturated rings. The molecule has 1 saturated heterocycles. The van der Waals surface area contributed by atoms with E-state index in [1.54, 1.807) is 41.4 Å². The molecule has 0 unspecified atom stereocenters. The summed E-state index contributed by atoms with van der Waals surface area (Å²) in [5.41, 5.74) is 1.97. The topological polar surface area (TPSA) is 91.8 Å². The van der Waals surface area contributed by atoms with Gasteiger partial charge in [0.05, 0.1) is 29.9 Å². The molecule has 2 amide bonds. The van der Waals surface area contributed by atoms with Gasteiger partial charge in [-0.15, -0.1) is 0 Å². The molecule has 2 N–H and O–H groups in total. The Labute approximate surface area is 194 Å². The minimum Gasteiger partial charge on any atom is -0.386 e. The van der Waals surface area contributed by atoms with Crippen molar-refractivity contribution in [3.05, 3.63) is 94.5 Å². The van der Waals surface area contributed by atoms with Gasteiger partial charge in [0.25, 0.3) is 5.91 Å². The molecule has 2 atom stereocenters. The normalized spacial score (nSPS) is 17.0. The fourth-order valence-electron chi connectivity index (χ4n) is 3.58. The molecule has 2 heterocycles. The third-order valence-electron chi connectivity index (χ3n) is 5.35. The molecular weight excluding hydrogens is 449 g/mol. The first-order valence-corrected chi connectivity index (χ1v) is 10.6. The molecular formula is C24H21ClFN3O4. The number of hydrogen-bond donors (Lipinski definition) is 2. The lowest BCUT2D eigenvalue weighted by atomic mass is 9.99. The van der Waals surface area contributed by atoms with Gasteiger partial charge in [-0.2, -0.15) is 0 Å².